The monoisotopic (exact) mass is 258 g/mol. The van der Waals surface area contributed by atoms with E-state index < -0.39 is 0 Å². The molecule has 19 heavy (non-hydrogen) atoms. The molecule has 0 bridgehead atoms. The van der Waals surface area contributed by atoms with Gasteiger partial charge in [0.25, 0.3) is 0 Å². The molecule has 1 saturated carbocycles. The Morgan fingerprint density at radius 2 is 1.89 bits per heavy atom. The molecule has 1 aromatic carbocycles. The van der Waals surface area contributed by atoms with Crippen LogP contribution in [0.2, 0.25) is 0 Å². The molecule has 0 radical (unpaired) electrons. The highest BCUT2D eigenvalue weighted by Crippen LogP contribution is 2.41. The first-order chi connectivity index (χ1) is 9.40. The van der Waals surface area contributed by atoms with E-state index in [9.17, 15) is 0 Å². The van der Waals surface area contributed by atoms with E-state index in [1.807, 2.05) is 0 Å². The summed E-state index contributed by atoms with van der Waals surface area (Å²) in [6, 6.07) is 12.3. The van der Waals surface area contributed by atoms with Crippen LogP contribution in [0.25, 0.3) is 0 Å². The second kappa shape index (κ2) is 6.06. The van der Waals surface area contributed by atoms with Crippen LogP contribution in [-0.4, -0.2) is 24.0 Å². The summed E-state index contributed by atoms with van der Waals surface area (Å²) >= 11 is 0. The zero-order valence-electron chi connectivity index (χ0n) is 11.8. The van der Waals surface area contributed by atoms with Crippen molar-refractivity contribution >= 4 is 0 Å². The molecule has 1 aliphatic carbocycles. The minimum Gasteiger partial charge on any atom is -0.330 e. The van der Waals surface area contributed by atoms with Gasteiger partial charge in [-0.3, -0.25) is 4.90 Å². The van der Waals surface area contributed by atoms with Gasteiger partial charge < -0.3 is 5.73 Å². The number of benzene rings is 1. The van der Waals surface area contributed by atoms with Gasteiger partial charge in [-0.2, -0.15) is 0 Å². The van der Waals surface area contributed by atoms with Crippen LogP contribution in [0, 0.1) is 5.92 Å². The number of nitrogens with two attached hydrogens (primary N) is 1. The van der Waals surface area contributed by atoms with E-state index in [0.29, 0.717) is 6.04 Å². The van der Waals surface area contributed by atoms with E-state index in [1.165, 1.54) is 44.2 Å². The third kappa shape index (κ3) is 2.70. The molecule has 104 valence electrons. The fourth-order valence-corrected chi connectivity index (χ4v) is 4.19. The molecule has 2 heteroatoms. The maximum Gasteiger partial charge on any atom is 0.0363 e. The summed E-state index contributed by atoms with van der Waals surface area (Å²) in [5.41, 5.74) is 7.33. The summed E-state index contributed by atoms with van der Waals surface area (Å²) in [5, 5.41) is 0. The zero-order chi connectivity index (χ0) is 13.1. The molecule has 2 fully saturated rings. The Labute approximate surface area is 117 Å². The summed E-state index contributed by atoms with van der Waals surface area (Å²) in [5.74, 6) is 0.956. The molecule has 3 unspecified atom stereocenters. The number of hydrogen-bond donors (Lipinski definition) is 1. The topological polar surface area (TPSA) is 29.3 Å². The third-order valence-corrected chi connectivity index (χ3v) is 5.08. The van der Waals surface area contributed by atoms with Crippen LogP contribution in [-0.2, 0) is 0 Å². The van der Waals surface area contributed by atoms with Crippen LogP contribution in [0.3, 0.4) is 0 Å². The predicted molar refractivity (Wildman–Crippen MR) is 79.9 cm³/mol. The standard InChI is InChI=1S/C17H26N2/c18-12-10-17(14-6-2-1-3-7-14)19-13-11-15-8-4-5-9-16(15)19/h1-3,6-7,15-17H,4-5,8-13,18H2. The highest BCUT2D eigenvalue weighted by atomic mass is 15.2. The number of rotatable bonds is 4. The summed E-state index contributed by atoms with van der Waals surface area (Å²) in [6.07, 6.45) is 8.21. The smallest absolute Gasteiger partial charge is 0.0363 e. The summed E-state index contributed by atoms with van der Waals surface area (Å²) in [7, 11) is 0. The van der Waals surface area contributed by atoms with Crippen molar-refractivity contribution in [3.63, 3.8) is 0 Å². The van der Waals surface area contributed by atoms with Gasteiger partial charge in [0.2, 0.25) is 0 Å². The Bertz CT molecular complexity index is 390. The molecule has 1 aromatic rings. The summed E-state index contributed by atoms with van der Waals surface area (Å²) < 4.78 is 0. The zero-order valence-corrected chi connectivity index (χ0v) is 11.8. The molecular weight excluding hydrogens is 232 g/mol. The molecule has 1 heterocycles. The lowest BCUT2D eigenvalue weighted by molar-refractivity contribution is 0.127. The molecule has 0 amide bonds. The van der Waals surface area contributed by atoms with Crippen LogP contribution in [0.1, 0.15) is 50.1 Å². The van der Waals surface area contributed by atoms with Gasteiger partial charge in [-0.15, -0.1) is 0 Å². The quantitative estimate of drug-likeness (QED) is 0.897. The van der Waals surface area contributed by atoms with Gasteiger partial charge >= 0.3 is 0 Å². The van der Waals surface area contributed by atoms with E-state index in [2.05, 4.69) is 35.2 Å². The highest BCUT2D eigenvalue weighted by Gasteiger charge is 2.38. The largest absolute Gasteiger partial charge is 0.330 e. The predicted octanol–water partition coefficient (Wildman–Crippen LogP) is 3.34. The number of likely N-dealkylation sites (tertiary alicyclic amines) is 1. The number of hydrogen-bond acceptors (Lipinski definition) is 2. The van der Waals surface area contributed by atoms with Crippen LogP contribution in [0.4, 0.5) is 0 Å². The molecule has 3 rings (SSSR count). The minimum absolute atomic E-state index is 0.541. The van der Waals surface area contributed by atoms with Gasteiger partial charge in [-0.25, -0.2) is 0 Å². The van der Waals surface area contributed by atoms with Crippen molar-refractivity contribution < 1.29 is 0 Å². The Balaban J connectivity index is 1.80. The first kappa shape index (κ1) is 13.1. The van der Waals surface area contributed by atoms with Crippen LogP contribution >= 0.6 is 0 Å². The van der Waals surface area contributed by atoms with E-state index in [1.54, 1.807) is 0 Å². The molecule has 2 aliphatic rings. The third-order valence-electron chi connectivity index (χ3n) is 5.08. The normalized spacial score (nSPS) is 29.1. The SMILES string of the molecule is NCCC(c1ccccc1)N1CCC2CCCCC21. The second-order valence-electron chi connectivity index (χ2n) is 6.14. The van der Waals surface area contributed by atoms with E-state index in [4.69, 9.17) is 5.73 Å². The fourth-order valence-electron chi connectivity index (χ4n) is 4.19. The van der Waals surface area contributed by atoms with Crippen molar-refractivity contribution in [2.75, 3.05) is 13.1 Å². The summed E-state index contributed by atoms with van der Waals surface area (Å²) in [4.78, 5) is 2.77. The van der Waals surface area contributed by atoms with E-state index in [0.717, 1.165) is 24.9 Å². The Hall–Kier alpha value is -0.860. The van der Waals surface area contributed by atoms with Crippen molar-refractivity contribution in [1.82, 2.24) is 4.90 Å². The molecule has 0 aromatic heterocycles. The number of nitrogens with zero attached hydrogens (tertiary/aromatic N) is 1. The van der Waals surface area contributed by atoms with Crippen molar-refractivity contribution in [3.05, 3.63) is 35.9 Å². The Morgan fingerprint density at radius 1 is 1.11 bits per heavy atom. The van der Waals surface area contributed by atoms with Gasteiger partial charge in [0.15, 0.2) is 0 Å². The molecule has 2 nitrogen and oxygen atoms in total. The molecular formula is C17H26N2. The van der Waals surface area contributed by atoms with Crippen LogP contribution in [0.15, 0.2) is 30.3 Å². The van der Waals surface area contributed by atoms with Crippen molar-refractivity contribution in [2.24, 2.45) is 11.7 Å². The first-order valence-electron chi connectivity index (χ1n) is 7.91. The van der Waals surface area contributed by atoms with Gasteiger partial charge in [0, 0.05) is 12.1 Å². The van der Waals surface area contributed by atoms with Crippen LogP contribution in [0.5, 0.6) is 0 Å². The average Bonchev–Trinajstić information content (AvgIpc) is 2.89. The van der Waals surface area contributed by atoms with Gasteiger partial charge in [-0.05, 0) is 50.3 Å². The van der Waals surface area contributed by atoms with E-state index >= 15 is 0 Å². The minimum atomic E-state index is 0.541. The first-order valence-corrected chi connectivity index (χ1v) is 7.91. The Morgan fingerprint density at radius 3 is 2.68 bits per heavy atom. The molecule has 1 aliphatic heterocycles. The van der Waals surface area contributed by atoms with Crippen molar-refractivity contribution in [1.29, 1.82) is 0 Å². The molecule has 1 saturated heterocycles. The van der Waals surface area contributed by atoms with Crippen LogP contribution < -0.4 is 5.73 Å². The second-order valence-corrected chi connectivity index (χ2v) is 6.14. The maximum atomic E-state index is 5.88. The lowest BCUT2D eigenvalue weighted by Gasteiger charge is -2.37. The lowest BCUT2D eigenvalue weighted by Crippen LogP contribution is -2.38. The Kier molecular flexibility index (Phi) is 4.19. The van der Waals surface area contributed by atoms with Gasteiger partial charge in [-0.1, -0.05) is 43.2 Å². The van der Waals surface area contributed by atoms with Crippen molar-refractivity contribution in [3.8, 4) is 0 Å². The van der Waals surface area contributed by atoms with E-state index in [-0.39, 0.29) is 0 Å². The molecule has 2 N–H and O–H groups in total. The number of fused-ring (bicyclic) bond motifs is 1. The fraction of sp³-hybridized carbons (Fsp3) is 0.647. The van der Waals surface area contributed by atoms with Gasteiger partial charge in [0.05, 0.1) is 0 Å². The van der Waals surface area contributed by atoms with Crippen molar-refractivity contribution in [2.45, 2.75) is 50.6 Å². The molecule has 3 atom stereocenters. The molecule has 0 spiro atoms. The maximum absolute atomic E-state index is 5.88. The average molecular weight is 258 g/mol. The summed E-state index contributed by atoms with van der Waals surface area (Å²) in [6.45, 7) is 2.06. The van der Waals surface area contributed by atoms with Gasteiger partial charge in [0.1, 0.15) is 0 Å². The lowest BCUT2D eigenvalue weighted by atomic mass is 9.84. The highest BCUT2D eigenvalue weighted by molar-refractivity contribution is 5.20.